The monoisotopic (exact) mass is 489 g/mol. The zero-order valence-electron chi connectivity index (χ0n) is 20.7. The zero-order chi connectivity index (χ0) is 25.0. The van der Waals surface area contributed by atoms with Crippen LogP contribution in [0.2, 0.25) is 0 Å². The molecule has 1 aliphatic rings. The topological polar surface area (TPSA) is 88.2 Å². The van der Waals surface area contributed by atoms with E-state index in [0.29, 0.717) is 35.7 Å². The zero-order valence-corrected chi connectivity index (χ0v) is 21.6. The van der Waals surface area contributed by atoms with Gasteiger partial charge in [-0.3, -0.25) is 14.4 Å². The number of aryl methyl sites for hydroxylation is 1. The van der Waals surface area contributed by atoms with Gasteiger partial charge in [0.25, 0.3) is 15.9 Å². The second-order valence-electron chi connectivity index (χ2n) is 9.12. The fourth-order valence-electron chi connectivity index (χ4n) is 4.08. The average molecular weight is 490 g/mol. The van der Waals surface area contributed by atoms with Crippen LogP contribution in [-0.4, -0.2) is 77.2 Å². The number of likely N-dealkylation sites (N-methyl/N-ethyl adjacent to an activating group) is 2. The Bertz CT molecular complexity index is 1120. The van der Waals surface area contributed by atoms with E-state index in [1.54, 1.807) is 68.4 Å². The van der Waals surface area contributed by atoms with Gasteiger partial charge in [-0.1, -0.05) is 25.1 Å². The molecule has 2 aromatic rings. The van der Waals surface area contributed by atoms with Crippen LogP contribution in [-0.2, 0) is 14.8 Å². The summed E-state index contributed by atoms with van der Waals surface area (Å²) in [7, 11) is 1.64. The van der Waals surface area contributed by atoms with Crippen LogP contribution in [0.1, 0.15) is 29.8 Å². The molecule has 1 aliphatic heterocycles. The normalized spacial score (nSPS) is 22.8. The van der Waals surface area contributed by atoms with Gasteiger partial charge in [0, 0.05) is 39.4 Å². The molecule has 0 radical (unpaired) electrons. The Labute approximate surface area is 202 Å². The quantitative estimate of drug-likeness (QED) is 0.710. The molecule has 3 rings (SSSR count). The molecule has 0 saturated carbocycles. The van der Waals surface area contributed by atoms with Gasteiger partial charge in [-0.25, -0.2) is 8.42 Å². The predicted molar refractivity (Wildman–Crippen MR) is 133 cm³/mol. The lowest BCUT2D eigenvalue weighted by Crippen LogP contribution is -2.45. The van der Waals surface area contributed by atoms with Crippen LogP contribution in [0.5, 0.6) is 5.75 Å². The largest absolute Gasteiger partial charge is 0.491 e. The summed E-state index contributed by atoms with van der Waals surface area (Å²) in [5, 5.41) is 0. The number of carbonyl (C=O) groups excluding carboxylic acids is 1. The van der Waals surface area contributed by atoms with E-state index in [9.17, 15) is 13.2 Å². The second kappa shape index (κ2) is 10.8. The third-order valence-electron chi connectivity index (χ3n) is 6.39. The molecule has 0 saturated heterocycles. The lowest BCUT2D eigenvalue weighted by atomic mass is 10.0. The maximum Gasteiger partial charge on any atom is 0.262 e. The van der Waals surface area contributed by atoms with E-state index < -0.39 is 10.0 Å². The second-order valence-corrected chi connectivity index (χ2v) is 10.8. The van der Waals surface area contributed by atoms with E-state index in [-0.39, 0.29) is 28.9 Å². The number of sulfonamides is 1. The van der Waals surface area contributed by atoms with Gasteiger partial charge < -0.3 is 14.4 Å². The number of ether oxygens (including phenoxy) is 2. The molecule has 0 aromatic heterocycles. The Morgan fingerprint density at radius 3 is 2.47 bits per heavy atom. The lowest BCUT2D eigenvalue weighted by Gasteiger charge is -2.34. The van der Waals surface area contributed by atoms with Crippen LogP contribution < -0.4 is 9.46 Å². The number of hydrogen-bond acceptors (Lipinski definition) is 6. The molecule has 1 heterocycles. The van der Waals surface area contributed by atoms with Gasteiger partial charge in [0.15, 0.2) is 0 Å². The number of fused-ring (bicyclic) bond motifs is 1. The molecule has 0 aliphatic carbocycles. The Kier molecular flexibility index (Phi) is 8.22. The first kappa shape index (κ1) is 26.0. The molecule has 0 spiro atoms. The number of anilines is 1. The van der Waals surface area contributed by atoms with Crippen LogP contribution in [0.3, 0.4) is 0 Å². The van der Waals surface area contributed by atoms with E-state index in [0.717, 1.165) is 6.54 Å². The van der Waals surface area contributed by atoms with Crippen molar-refractivity contribution >= 4 is 21.6 Å². The molecule has 2 aromatic carbocycles. The highest BCUT2D eigenvalue weighted by molar-refractivity contribution is 7.92. The molecule has 186 valence electrons. The van der Waals surface area contributed by atoms with Crippen molar-refractivity contribution in [2.75, 3.05) is 45.6 Å². The SMILES string of the molecule is CO[C@@H]1CN(C)C(=O)c2ccc(NS(=O)(=O)c3ccccc3C)cc2OC[C@H](C)N(C)C[C@@H]1C. The third kappa shape index (κ3) is 5.89. The Hall–Kier alpha value is -2.62. The highest BCUT2D eigenvalue weighted by atomic mass is 32.2. The molecule has 0 fully saturated rings. The lowest BCUT2D eigenvalue weighted by molar-refractivity contribution is 0.0150. The summed E-state index contributed by atoms with van der Waals surface area (Å²) >= 11 is 0. The molecular formula is C25H35N3O5S. The van der Waals surface area contributed by atoms with E-state index in [2.05, 4.69) is 23.5 Å². The Morgan fingerprint density at radius 2 is 1.79 bits per heavy atom. The number of amides is 1. The first-order valence-electron chi connectivity index (χ1n) is 11.4. The van der Waals surface area contributed by atoms with Gasteiger partial charge in [-0.05, 0) is 50.6 Å². The number of methoxy groups -OCH3 is 1. The van der Waals surface area contributed by atoms with Crippen molar-refractivity contribution in [2.24, 2.45) is 5.92 Å². The number of hydrogen-bond donors (Lipinski definition) is 1. The minimum Gasteiger partial charge on any atom is -0.491 e. The molecule has 1 amide bonds. The van der Waals surface area contributed by atoms with Crippen molar-refractivity contribution in [2.45, 2.75) is 37.8 Å². The summed E-state index contributed by atoms with van der Waals surface area (Å²) in [6, 6.07) is 11.6. The number of rotatable bonds is 4. The number of benzene rings is 2. The minimum absolute atomic E-state index is 0.0763. The van der Waals surface area contributed by atoms with Crippen molar-refractivity contribution in [3.05, 3.63) is 53.6 Å². The summed E-state index contributed by atoms with van der Waals surface area (Å²) < 4.78 is 40.3. The fraction of sp³-hybridized carbons (Fsp3) is 0.480. The van der Waals surface area contributed by atoms with Crippen molar-refractivity contribution in [3.8, 4) is 5.75 Å². The smallest absolute Gasteiger partial charge is 0.262 e. The van der Waals surface area contributed by atoms with Gasteiger partial charge in [-0.15, -0.1) is 0 Å². The van der Waals surface area contributed by atoms with Crippen LogP contribution in [0.15, 0.2) is 47.4 Å². The molecule has 0 unspecified atom stereocenters. The van der Waals surface area contributed by atoms with Gasteiger partial charge in [0.05, 0.1) is 22.3 Å². The highest BCUT2D eigenvalue weighted by Gasteiger charge is 2.27. The average Bonchev–Trinajstić information content (AvgIpc) is 2.79. The first-order valence-corrected chi connectivity index (χ1v) is 12.9. The van der Waals surface area contributed by atoms with Gasteiger partial charge in [0.1, 0.15) is 12.4 Å². The highest BCUT2D eigenvalue weighted by Crippen LogP contribution is 2.28. The molecule has 34 heavy (non-hydrogen) atoms. The maximum absolute atomic E-state index is 13.3. The maximum atomic E-state index is 13.3. The van der Waals surface area contributed by atoms with Crippen LogP contribution in [0, 0.1) is 12.8 Å². The Balaban J connectivity index is 1.96. The third-order valence-corrected chi connectivity index (χ3v) is 7.94. The number of carbonyl (C=O) groups is 1. The Morgan fingerprint density at radius 1 is 1.09 bits per heavy atom. The van der Waals surface area contributed by atoms with Gasteiger partial charge >= 0.3 is 0 Å². The minimum atomic E-state index is -3.80. The predicted octanol–water partition coefficient (Wildman–Crippen LogP) is 3.23. The summed E-state index contributed by atoms with van der Waals surface area (Å²) in [6.45, 7) is 7.48. The standard InChI is InChI=1S/C25H35N3O5S/c1-17-9-7-8-10-24(17)34(30,31)26-20-11-12-21-22(13-20)33-16-19(3)27(4)14-18(2)23(32-6)15-28(5)25(21)29/h7-13,18-19,23,26H,14-16H2,1-6H3/t18-,19-,23+/m0/s1. The molecular weight excluding hydrogens is 454 g/mol. The molecule has 9 heteroatoms. The van der Waals surface area contributed by atoms with Crippen molar-refractivity contribution in [3.63, 3.8) is 0 Å². The molecule has 1 N–H and O–H groups in total. The van der Waals surface area contributed by atoms with E-state index in [4.69, 9.17) is 9.47 Å². The molecule has 3 atom stereocenters. The summed E-state index contributed by atoms with van der Waals surface area (Å²) in [6.07, 6.45) is -0.118. The van der Waals surface area contributed by atoms with E-state index in [1.807, 2.05) is 7.05 Å². The summed E-state index contributed by atoms with van der Waals surface area (Å²) in [5.41, 5.74) is 1.35. The number of nitrogens with one attached hydrogen (secondary N) is 1. The van der Waals surface area contributed by atoms with E-state index >= 15 is 0 Å². The van der Waals surface area contributed by atoms with E-state index in [1.165, 1.54) is 0 Å². The van der Waals surface area contributed by atoms with Gasteiger partial charge in [-0.2, -0.15) is 0 Å². The molecule has 0 bridgehead atoms. The number of nitrogens with zero attached hydrogens (tertiary/aromatic N) is 2. The summed E-state index contributed by atoms with van der Waals surface area (Å²) in [5.74, 6) is 0.341. The van der Waals surface area contributed by atoms with Crippen LogP contribution >= 0.6 is 0 Å². The molecule has 8 nitrogen and oxygen atoms in total. The first-order chi connectivity index (χ1) is 16.0. The van der Waals surface area contributed by atoms with Gasteiger partial charge in [0.2, 0.25) is 0 Å². The van der Waals surface area contributed by atoms with Crippen molar-refractivity contribution < 1.29 is 22.7 Å². The van der Waals surface area contributed by atoms with Crippen molar-refractivity contribution in [1.29, 1.82) is 0 Å². The summed E-state index contributed by atoms with van der Waals surface area (Å²) in [4.78, 5) is 17.3. The van der Waals surface area contributed by atoms with Crippen LogP contribution in [0.25, 0.3) is 0 Å². The fourth-order valence-corrected chi connectivity index (χ4v) is 5.38. The van der Waals surface area contributed by atoms with Crippen molar-refractivity contribution in [1.82, 2.24) is 9.80 Å². The van der Waals surface area contributed by atoms with Crippen LogP contribution in [0.4, 0.5) is 5.69 Å².